The van der Waals surface area contributed by atoms with Crippen molar-refractivity contribution in [2.75, 3.05) is 32.9 Å². The predicted octanol–water partition coefficient (Wildman–Crippen LogP) is 1.97. The van der Waals surface area contributed by atoms with Crippen LogP contribution in [0.3, 0.4) is 0 Å². The fraction of sp³-hybridized carbons (Fsp3) is 0.579. The maximum Gasteiger partial charge on any atom is 0.0594 e. The lowest BCUT2D eigenvalue weighted by atomic mass is 9.97. The Morgan fingerprint density at radius 2 is 1.96 bits per heavy atom. The van der Waals surface area contributed by atoms with Crippen molar-refractivity contribution in [1.82, 2.24) is 10.2 Å². The van der Waals surface area contributed by atoms with Gasteiger partial charge in [0.1, 0.15) is 0 Å². The number of aliphatic hydroxyl groups is 1. The van der Waals surface area contributed by atoms with Gasteiger partial charge in [-0.15, -0.1) is 0 Å². The molecule has 1 aliphatic carbocycles. The zero-order valence-corrected chi connectivity index (χ0v) is 13.9. The maximum absolute atomic E-state index is 9.31. The second-order valence-electron chi connectivity index (χ2n) is 6.63. The van der Waals surface area contributed by atoms with Crippen molar-refractivity contribution < 1.29 is 9.84 Å². The molecule has 3 rings (SSSR count). The molecule has 1 saturated heterocycles. The van der Waals surface area contributed by atoms with Crippen LogP contribution in [0.5, 0.6) is 0 Å². The summed E-state index contributed by atoms with van der Waals surface area (Å²) < 4.78 is 5.53. The Bertz CT molecular complexity index is 499. The number of rotatable bonds is 6. The molecule has 4 nitrogen and oxygen atoms in total. The van der Waals surface area contributed by atoms with Gasteiger partial charge in [0, 0.05) is 37.7 Å². The van der Waals surface area contributed by atoms with Crippen molar-refractivity contribution >= 4 is 0 Å². The van der Waals surface area contributed by atoms with Gasteiger partial charge in [0.25, 0.3) is 0 Å². The Morgan fingerprint density at radius 3 is 2.61 bits per heavy atom. The summed E-state index contributed by atoms with van der Waals surface area (Å²) in [6.07, 6.45) is 5.33. The molecular formula is C19H28N2O2. The molecule has 0 amide bonds. The van der Waals surface area contributed by atoms with Gasteiger partial charge >= 0.3 is 0 Å². The van der Waals surface area contributed by atoms with Crippen LogP contribution in [0, 0.1) is 5.92 Å². The van der Waals surface area contributed by atoms with E-state index in [4.69, 9.17) is 4.74 Å². The SMILES string of the molecule is C[C@@H](N[C@@H]1C=C[C@H](CO)C1)[C@H](c1ccccc1)N1CCOCC1. The van der Waals surface area contributed by atoms with Crippen LogP contribution < -0.4 is 5.32 Å². The molecule has 1 aliphatic heterocycles. The monoisotopic (exact) mass is 316 g/mol. The van der Waals surface area contributed by atoms with Crippen LogP contribution in [-0.4, -0.2) is 55.0 Å². The number of hydrogen-bond acceptors (Lipinski definition) is 4. The molecule has 1 fully saturated rings. The van der Waals surface area contributed by atoms with Crippen molar-refractivity contribution in [2.24, 2.45) is 5.92 Å². The molecule has 0 bridgehead atoms. The highest BCUT2D eigenvalue weighted by Crippen LogP contribution is 2.27. The normalized spacial score (nSPS) is 27.9. The lowest BCUT2D eigenvalue weighted by molar-refractivity contribution is 0.00805. The zero-order chi connectivity index (χ0) is 16.1. The molecule has 0 spiro atoms. The molecule has 2 aliphatic rings. The second kappa shape index (κ2) is 8.06. The molecule has 1 aromatic carbocycles. The van der Waals surface area contributed by atoms with E-state index in [0.29, 0.717) is 24.0 Å². The lowest BCUT2D eigenvalue weighted by Crippen LogP contribution is -2.49. The Kier molecular flexibility index (Phi) is 5.84. The highest BCUT2D eigenvalue weighted by Gasteiger charge is 2.29. The largest absolute Gasteiger partial charge is 0.396 e. The Labute approximate surface area is 139 Å². The highest BCUT2D eigenvalue weighted by atomic mass is 16.5. The fourth-order valence-corrected chi connectivity index (χ4v) is 3.78. The minimum atomic E-state index is 0.245. The van der Waals surface area contributed by atoms with E-state index in [9.17, 15) is 5.11 Å². The van der Waals surface area contributed by atoms with E-state index in [1.807, 2.05) is 0 Å². The van der Waals surface area contributed by atoms with Crippen LogP contribution in [0.25, 0.3) is 0 Å². The summed E-state index contributed by atoms with van der Waals surface area (Å²) in [5.41, 5.74) is 1.36. The van der Waals surface area contributed by atoms with E-state index in [0.717, 1.165) is 32.7 Å². The minimum absolute atomic E-state index is 0.245. The molecule has 4 atom stereocenters. The quantitative estimate of drug-likeness (QED) is 0.788. The van der Waals surface area contributed by atoms with Gasteiger partial charge in [0.15, 0.2) is 0 Å². The summed E-state index contributed by atoms with van der Waals surface area (Å²) in [5.74, 6) is 0.304. The van der Waals surface area contributed by atoms with E-state index < -0.39 is 0 Å². The van der Waals surface area contributed by atoms with Gasteiger partial charge < -0.3 is 15.2 Å². The van der Waals surface area contributed by atoms with Crippen LogP contribution in [-0.2, 0) is 4.74 Å². The second-order valence-corrected chi connectivity index (χ2v) is 6.63. The molecule has 2 N–H and O–H groups in total. The number of morpholine rings is 1. The molecular weight excluding hydrogens is 288 g/mol. The van der Waals surface area contributed by atoms with Gasteiger partial charge in [0.2, 0.25) is 0 Å². The molecule has 0 unspecified atom stereocenters. The third kappa shape index (κ3) is 4.21. The molecule has 4 heteroatoms. The minimum Gasteiger partial charge on any atom is -0.396 e. The average Bonchev–Trinajstić information content (AvgIpc) is 3.04. The van der Waals surface area contributed by atoms with Crippen molar-refractivity contribution in [2.45, 2.75) is 31.5 Å². The Balaban J connectivity index is 1.71. The number of aliphatic hydroxyl groups excluding tert-OH is 1. The first kappa shape index (κ1) is 16.7. The first-order valence-corrected chi connectivity index (χ1v) is 8.70. The maximum atomic E-state index is 9.31. The van der Waals surface area contributed by atoms with Gasteiger partial charge in [-0.2, -0.15) is 0 Å². The van der Waals surface area contributed by atoms with Gasteiger partial charge in [-0.3, -0.25) is 4.90 Å². The number of hydrogen-bond donors (Lipinski definition) is 2. The van der Waals surface area contributed by atoms with Crippen molar-refractivity contribution in [3.8, 4) is 0 Å². The van der Waals surface area contributed by atoms with Crippen LogP contribution in [0.4, 0.5) is 0 Å². The molecule has 0 aromatic heterocycles. The molecule has 0 saturated carbocycles. The van der Waals surface area contributed by atoms with Gasteiger partial charge in [-0.25, -0.2) is 0 Å². The lowest BCUT2D eigenvalue weighted by Gasteiger charge is -2.39. The van der Waals surface area contributed by atoms with Crippen molar-refractivity contribution in [3.05, 3.63) is 48.0 Å². The van der Waals surface area contributed by atoms with Gasteiger partial charge in [-0.05, 0) is 18.9 Å². The number of ether oxygens (including phenoxy) is 1. The van der Waals surface area contributed by atoms with Crippen LogP contribution in [0.2, 0.25) is 0 Å². The molecule has 1 heterocycles. The predicted molar refractivity (Wildman–Crippen MR) is 92.3 cm³/mol. The molecule has 126 valence electrons. The van der Waals surface area contributed by atoms with Crippen molar-refractivity contribution in [1.29, 1.82) is 0 Å². The van der Waals surface area contributed by atoms with E-state index in [2.05, 4.69) is 59.6 Å². The van der Waals surface area contributed by atoms with Crippen LogP contribution in [0.15, 0.2) is 42.5 Å². The van der Waals surface area contributed by atoms with E-state index in [1.54, 1.807) is 0 Å². The van der Waals surface area contributed by atoms with Crippen LogP contribution in [0.1, 0.15) is 24.9 Å². The average molecular weight is 316 g/mol. The summed E-state index contributed by atoms with van der Waals surface area (Å²) in [4.78, 5) is 2.53. The van der Waals surface area contributed by atoms with Gasteiger partial charge in [-0.1, -0.05) is 42.5 Å². The van der Waals surface area contributed by atoms with E-state index in [1.165, 1.54) is 5.56 Å². The number of nitrogens with one attached hydrogen (secondary N) is 1. The Hall–Kier alpha value is -1.20. The molecule has 0 radical (unpaired) electrons. The van der Waals surface area contributed by atoms with E-state index in [-0.39, 0.29) is 6.61 Å². The van der Waals surface area contributed by atoms with E-state index >= 15 is 0 Å². The summed E-state index contributed by atoms with van der Waals surface area (Å²) in [7, 11) is 0. The topological polar surface area (TPSA) is 44.7 Å². The fourth-order valence-electron chi connectivity index (χ4n) is 3.78. The standard InChI is InChI=1S/C19H28N2O2/c1-15(20-18-8-7-16(13-18)14-22)19(17-5-3-2-4-6-17)21-9-11-23-12-10-21/h2-8,15-16,18-20,22H,9-14H2,1H3/t15-,16+,18-,19-/m1/s1. The smallest absolute Gasteiger partial charge is 0.0594 e. The van der Waals surface area contributed by atoms with Crippen molar-refractivity contribution in [3.63, 3.8) is 0 Å². The summed E-state index contributed by atoms with van der Waals surface area (Å²) >= 11 is 0. The third-order valence-corrected chi connectivity index (χ3v) is 4.94. The number of nitrogens with zero attached hydrogens (tertiary/aromatic N) is 1. The number of benzene rings is 1. The summed E-state index contributed by atoms with van der Waals surface area (Å²) in [6, 6.07) is 11.8. The summed E-state index contributed by atoms with van der Waals surface area (Å²) in [5, 5.41) is 13.1. The highest BCUT2D eigenvalue weighted by molar-refractivity contribution is 5.21. The first-order chi connectivity index (χ1) is 11.3. The molecule has 23 heavy (non-hydrogen) atoms. The Morgan fingerprint density at radius 1 is 1.22 bits per heavy atom. The third-order valence-electron chi connectivity index (χ3n) is 4.94. The first-order valence-electron chi connectivity index (χ1n) is 8.70. The van der Waals surface area contributed by atoms with Crippen LogP contribution >= 0.6 is 0 Å². The summed E-state index contributed by atoms with van der Waals surface area (Å²) in [6.45, 7) is 6.09. The zero-order valence-electron chi connectivity index (χ0n) is 13.9. The molecule has 1 aromatic rings. The van der Waals surface area contributed by atoms with Gasteiger partial charge in [0.05, 0.1) is 19.3 Å².